The Morgan fingerprint density at radius 3 is 2.21 bits per heavy atom. The highest BCUT2D eigenvalue weighted by molar-refractivity contribution is 5.91. The van der Waals surface area contributed by atoms with Crippen molar-refractivity contribution >= 4 is 17.9 Å². The molecule has 148 valence electrons. The zero-order chi connectivity index (χ0) is 20.4. The second-order valence-electron chi connectivity index (χ2n) is 6.81. The minimum atomic E-state index is -0.612. The van der Waals surface area contributed by atoms with E-state index in [1.54, 1.807) is 13.0 Å². The van der Waals surface area contributed by atoms with Crippen molar-refractivity contribution in [2.24, 2.45) is 0 Å². The van der Waals surface area contributed by atoms with Crippen LogP contribution in [0.15, 0.2) is 60.7 Å². The number of nitrogens with one attached hydrogen (secondary N) is 2. The first-order valence-electron chi connectivity index (χ1n) is 9.51. The van der Waals surface area contributed by atoms with Gasteiger partial charge in [0.2, 0.25) is 5.91 Å². The summed E-state index contributed by atoms with van der Waals surface area (Å²) in [5.74, 6) is 0.688. The Morgan fingerprint density at radius 1 is 0.929 bits per heavy atom. The van der Waals surface area contributed by atoms with Crippen LogP contribution >= 0.6 is 0 Å². The van der Waals surface area contributed by atoms with Crippen LogP contribution in [0.1, 0.15) is 37.8 Å². The molecule has 0 saturated heterocycles. The van der Waals surface area contributed by atoms with Crippen LogP contribution in [0, 0.1) is 0 Å². The summed E-state index contributed by atoms with van der Waals surface area (Å²) in [4.78, 5) is 23.9. The molecule has 0 aliphatic heterocycles. The fourth-order valence-electron chi connectivity index (χ4n) is 2.50. The molecule has 2 aromatic carbocycles. The van der Waals surface area contributed by atoms with Gasteiger partial charge in [0.15, 0.2) is 6.10 Å². The fraction of sp³-hybridized carbons (Fsp3) is 0.304. The van der Waals surface area contributed by atoms with Crippen molar-refractivity contribution in [1.29, 1.82) is 0 Å². The van der Waals surface area contributed by atoms with Gasteiger partial charge in [0.05, 0.1) is 0 Å². The van der Waals surface area contributed by atoms with Crippen molar-refractivity contribution in [3.8, 4) is 5.75 Å². The number of ether oxygens (including phenoxy) is 1. The van der Waals surface area contributed by atoms with Crippen LogP contribution in [0.25, 0.3) is 6.08 Å². The molecule has 28 heavy (non-hydrogen) atoms. The molecule has 0 aliphatic carbocycles. The van der Waals surface area contributed by atoms with E-state index in [0.717, 1.165) is 5.56 Å². The third-order valence-corrected chi connectivity index (χ3v) is 4.18. The largest absolute Gasteiger partial charge is 0.481 e. The molecule has 2 amide bonds. The van der Waals surface area contributed by atoms with Gasteiger partial charge in [0.1, 0.15) is 5.75 Å². The summed E-state index contributed by atoms with van der Waals surface area (Å²) in [6.07, 6.45) is 2.61. The van der Waals surface area contributed by atoms with Gasteiger partial charge in [0.25, 0.3) is 5.91 Å². The van der Waals surface area contributed by atoms with E-state index in [-0.39, 0.29) is 11.8 Å². The van der Waals surface area contributed by atoms with Gasteiger partial charge in [-0.1, -0.05) is 56.3 Å². The van der Waals surface area contributed by atoms with E-state index in [1.165, 1.54) is 11.6 Å². The molecule has 0 fully saturated rings. The molecule has 2 N–H and O–H groups in total. The molecule has 5 nitrogen and oxygen atoms in total. The number of rotatable bonds is 9. The summed E-state index contributed by atoms with van der Waals surface area (Å²) >= 11 is 0. The molecule has 2 rings (SSSR count). The van der Waals surface area contributed by atoms with Gasteiger partial charge in [-0.2, -0.15) is 0 Å². The maximum atomic E-state index is 12.1. The minimum Gasteiger partial charge on any atom is -0.481 e. The summed E-state index contributed by atoms with van der Waals surface area (Å²) in [5, 5.41) is 5.49. The molecular formula is C23H28N2O3. The van der Waals surface area contributed by atoms with E-state index in [0.29, 0.717) is 24.8 Å². The van der Waals surface area contributed by atoms with E-state index < -0.39 is 6.10 Å². The minimum absolute atomic E-state index is 0.201. The first-order chi connectivity index (χ1) is 13.5. The predicted molar refractivity (Wildman–Crippen MR) is 112 cm³/mol. The van der Waals surface area contributed by atoms with Gasteiger partial charge in [0, 0.05) is 19.2 Å². The van der Waals surface area contributed by atoms with Crippen LogP contribution in [0.5, 0.6) is 5.75 Å². The van der Waals surface area contributed by atoms with Crippen LogP contribution in [-0.4, -0.2) is 31.0 Å². The van der Waals surface area contributed by atoms with Crippen molar-refractivity contribution in [1.82, 2.24) is 10.6 Å². The Labute approximate surface area is 166 Å². The predicted octanol–water partition coefficient (Wildman–Crippen LogP) is 3.52. The monoisotopic (exact) mass is 380 g/mol. The lowest BCUT2D eigenvalue weighted by Gasteiger charge is -2.15. The summed E-state index contributed by atoms with van der Waals surface area (Å²) in [6, 6.07) is 17.3. The van der Waals surface area contributed by atoms with Gasteiger partial charge < -0.3 is 15.4 Å². The van der Waals surface area contributed by atoms with E-state index in [4.69, 9.17) is 4.74 Å². The van der Waals surface area contributed by atoms with Crippen molar-refractivity contribution in [3.63, 3.8) is 0 Å². The molecule has 0 aliphatic rings. The summed E-state index contributed by atoms with van der Waals surface area (Å²) < 4.78 is 5.67. The van der Waals surface area contributed by atoms with Crippen molar-refractivity contribution in [2.45, 2.75) is 32.8 Å². The molecule has 1 atom stereocenters. The Hall–Kier alpha value is -3.08. The third kappa shape index (κ3) is 7.27. The van der Waals surface area contributed by atoms with Gasteiger partial charge in [-0.3, -0.25) is 9.59 Å². The second-order valence-corrected chi connectivity index (χ2v) is 6.81. The number of amides is 2. The maximum absolute atomic E-state index is 12.1. The smallest absolute Gasteiger partial charge is 0.260 e. The van der Waals surface area contributed by atoms with E-state index in [2.05, 4.69) is 24.5 Å². The first-order valence-corrected chi connectivity index (χ1v) is 9.51. The Kier molecular flexibility index (Phi) is 8.28. The normalized spacial score (nSPS) is 12.0. The number of hydrogen-bond donors (Lipinski definition) is 2. The molecule has 0 radical (unpaired) electrons. The van der Waals surface area contributed by atoms with Crippen molar-refractivity contribution in [2.75, 3.05) is 13.1 Å². The molecule has 0 spiro atoms. The number of carbonyl (C=O) groups excluding carboxylic acids is 2. The topological polar surface area (TPSA) is 67.4 Å². The van der Waals surface area contributed by atoms with E-state index in [9.17, 15) is 9.59 Å². The van der Waals surface area contributed by atoms with Crippen LogP contribution in [-0.2, 0) is 9.59 Å². The fourth-order valence-corrected chi connectivity index (χ4v) is 2.50. The zero-order valence-electron chi connectivity index (χ0n) is 16.6. The Bertz CT molecular complexity index is 783. The standard InChI is InChI=1S/C23H28N2O3/c1-17(2)20-10-12-21(13-11-20)28-18(3)23(27)25-16-15-24-22(26)14-9-19-7-5-4-6-8-19/h4-14,17-18H,15-16H2,1-3H3,(H,24,26)(H,25,27)/b14-9+. The third-order valence-electron chi connectivity index (χ3n) is 4.18. The van der Waals surface area contributed by atoms with Crippen molar-refractivity contribution < 1.29 is 14.3 Å². The molecule has 0 aromatic heterocycles. The van der Waals surface area contributed by atoms with E-state index >= 15 is 0 Å². The molecule has 0 bridgehead atoms. The van der Waals surface area contributed by atoms with E-state index in [1.807, 2.05) is 54.6 Å². The lowest BCUT2D eigenvalue weighted by molar-refractivity contribution is -0.127. The summed E-state index contributed by atoms with van der Waals surface area (Å²) in [6.45, 7) is 6.64. The summed E-state index contributed by atoms with van der Waals surface area (Å²) in [5.41, 5.74) is 2.18. The Balaban J connectivity index is 1.67. The Morgan fingerprint density at radius 2 is 1.57 bits per heavy atom. The van der Waals surface area contributed by atoms with Gasteiger partial charge in [-0.25, -0.2) is 0 Å². The average molecular weight is 380 g/mol. The highest BCUT2D eigenvalue weighted by atomic mass is 16.5. The molecule has 0 heterocycles. The molecule has 1 unspecified atom stereocenters. The van der Waals surface area contributed by atoms with Crippen LogP contribution in [0.4, 0.5) is 0 Å². The lowest BCUT2D eigenvalue weighted by Crippen LogP contribution is -2.40. The number of hydrogen-bond acceptors (Lipinski definition) is 3. The lowest BCUT2D eigenvalue weighted by atomic mass is 10.0. The molecule has 0 saturated carbocycles. The highest BCUT2D eigenvalue weighted by Crippen LogP contribution is 2.19. The maximum Gasteiger partial charge on any atom is 0.260 e. The second kappa shape index (κ2) is 10.9. The molecular weight excluding hydrogens is 352 g/mol. The molecule has 2 aromatic rings. The quantitative estimate of drug-likeness (QED) is 0.517. The van der Waals surface area contributed by atoms with Crippen LogP contribution in [0.3, 0.4) is 0 Å². The summed E-state index contributed by atoms with van der Waals surface area (Å²) in [7, 11) is 0. The van der Waals surface area contributed by atoms with Crippen molar-refractivity contribution in [3.05, 3.63) is 71.8 Å². The SMILES string of the molecule is CC(Oc1ccc(C(C)C)cc1)C(=O)NCCNC(=O)/C=C/c1ccccc1. The number of carbonyl (C=O) groups is 2. The first kappa shape index (κ1) is 21.2. The average Bonchev–Trinajstić information content (AvgIpc) is 2.70. The van der Waals surface area contributed by atoms with Gasteiger partial charge in [-0.15, -0.1) is 0 Å². The van der Waals surface area contributed by atoms with Gasteiger partial charge >= 0.3 is 0 Å². The van der Waals surface area contributed by atoms with Crippen LogP contribution < -0.4 is 15.4 Å². The highest BCUT2D eigenvalue weighted by Gasteiger charge is 2.14. The molecule has 5 heteroatoms. The number of benzene rings is 2. The zero-order valence-corrected chi connectivity index (χ0v) is 16.6. The van der Waals surface area contributed by atoms with Gasteiger partial charge in [-0.05, 0) is 42.2 Å². The van der Waals surface area contributed by atoms with Crippen LogP contribution in [0.2, 0.25) is 0 Å².